The molecule has 0 fully saturated rings. The molecule has 0 bridgehead atoms. The van der Waals surface area contributed by atoms with Gasteiger partial charge in [-0.2, -0.15) is 5.26 Å². The highest BCUT2D eigenvalue weighted by atomic mass is 79.9. The summed E-state index contributed by atoms with van der Waals surface area (Å²) in [5.74, 6) is -0.420. The van der Waals surface area contributed by atoms with Gasteiger partial charge in [0.05, 0.1) is 28.8 Å². The van der Waals surface area contributed by atoms with Crippen LogP contribution in [0.25, 0.3) is 0 Å². The minimum atomic E-state index is -0.842. The van der Waals surface area contributed by atoms with E-state index in [1.165, 1.54) is 13.2 Å². The van der Waals surface area contributed by atoms with Gasteiger partial charge < -0.3 is 24.4 Å². The zero-order chi connectivity index (χ0) is 22.2. The molecule has 0 unspecified atom stereocenters. The molecule has 0 aliphatic carbocycles. The van der Waals surface area contributed by atoms with Gasteiger partial charge in [-0.1, -0.05) is 13.8 Å². The van der Waals surface area contributed by atoms with Gasteiger partial charge in [0, 0.05) is 5.56 Å². The lowest BCUT2D eigenvalue weighted by Crippen LogP contribution is -2.16. The number of aromatic hydroxyl groups is 1. The van der Waals surface area contributed by atoms with Crippen LogP contribution >= 0.6 is 15.9 Å². The molecule has 0 radical (unpaired) electrons. The van der Waals surface area contributed by atoms with Crippen LogP contribution in [0.3, 0.4) is 0 Å². The van der Waals surface area contributed by atoms with Gasteiger partial charge in [0.15, 0.2) is 11.5 Å². The Labute approximate surface area is 182 Å². The number of hydrogen-bond acceptors (Lipinski definition) is 7. The molecule has 7 nitrogen and oxygen atoms in total. The molecule has 2 aromatic carbocycles. The van der Waals surface area contributed by atoms with Crippen molar-refractivity contribution in [1.82, 2.24) is 0 Å². The standard InChI is InChI=1S/C22H22BrNO6/c1-10(2)7-15(25)12-5-6-16-17(20(12)28-4)22(27)29-9-14-13(8-24)11(3)18(23)19(26)21(14)30-16/h5-6,10,15,25-26H,7,9H2,1-4H3/t15-/m0/s1. The number of rotatable bonds is 4. The Morgan fingerprint density at radius 3 is 2.67 bits per heavy atom. The number of nitriles is 1. The van der Waals surface area contributed by atoms with Gasteiger partial charge in [-0.3, -0.25) is 0 Å². The number of ether oxygens (including phenoxy) is 3. The van der Waals surface area contributed by atoms with E-state index in [4.69, 9.17) is 14.2 Å². The van der Waals surface area contributed by atoms with Crippen molar-refractivity contribution in [3.05, 3.63) is 44.4 Å². The lowest BCUT2D eigenvalue weighted by Gasteiger charge is -2.24. The average Bonchev–Trinajstić information content (AvgIpc) is 2.70. The van der Waals surface area contributed by atoms with Gasteiger partial charge in [-0.25, -0.2) is 4.79 Å². The van der Waals surface area contributed by atoms with Crippen LogP contribution in [-0.2, 0) is 11.3 Å². The third kappa shape index (κ3) is 3.71. The smallest absolute Gasteiger partial charge is 0.346 e. The van der Waals surface area contributed by atoms with Crippen LogP contribution in [-0.4, -0.2) is 23.3 Å². The van der Waals surface area contributed by atoms with Crippen molar-refractivity contribution in [2.75, 3.05) is 7.11 Å². The number of halogens is 1. The van der Waals surface area contributed by atoms with Crippen molar-refractivity contribution in [3.63, 3.8) is 0 Å². The predicted molar refractivity (Wildman–Crippen MR) is 112 cm³/mol. The van der Waals surface area contributed by atoms with Crippen LogP contribution in [0.5, 0.6) is 23.0 Å². The number of hydrogen-bond donors (Lipinski definition) is 2. The van der Waals surface area contributed by atoms with Crippen LogP contribution in [0.15, 0.2) is 16.6 Å². The molecular formula is C22H22BrNO6. The second-order valence-electron chi connectivity index (χ2n) is 7.47. The second-order valence-corrected chi connectivity index (χ2v) is 8.26. The molecule has 3 rings (SSSR count). The van der Waals surface area contributed by atoms with Gasteiger partial charge in [0.25, 0.3) is 0 Å². The first kappa shape index (κ1) is 21.9. The Bertz CT molecular complexity index is 1060. The number of methoxy groups -OCH3 is 1. The SMILES string of the molecule is COc1c([C@@H](O)CC(C)C)ccc2c1C(=O)OCc1c(C#N)c(C)c(Br)c(O)c1O2. The Kier molecular flexibility index (Phi) is 6.25. The van der Waals surface area contributed by atoms with Gasteiger partial charge >= 0.3 is 5.97 Å². The number of aliphatic hydroxyl groups excluding tert-OH is 1. The number of phenolic OH excluding ortho intramolecular Hbond substituents is 1. The van der Waals surface area contributed by atoms with Gasteiger partial charge in [-0.05, 0) is 52.9 Å². The fourth-order valence-electron chi connectivity index (χ4n) is 3.50. The number of carbonyl (C=O) groups is 1. The van der Waals surface area contributed by atoms with Gasteiger partial charge in [0.2, 0.25) is 0 Å². The minimum absolute atomic E-state index is 0.0121. The Balaban J connectivity index is 2.22. The van der Waals surface area contributed by atoms with Crippen LogP contribution in [0.4, 0.5) is 0 Å². The van der Waals surface area contributed by atoms with Crippen molar-refractivity contribution in [2.24, 2.45) is 5.92 Å². The van der Waals surface area contributed by atoms with Gasteiger partial charge in [-0.15, -0.1) is 0 Å². The summed E-state index contributed by atoms with van der Waals surface area (Å²) in [6.07, 6.45) is -0.363. The van der Waals surface area contributed by atoms with Crippen LogP contribution < -0.4 is 9.47 Å². The zero-order valence-corrected chi connectivity index (χ0v) is 18.7. The summed E-state index contributed by atoms with van der Waals surface area (Å²) in [6, 6.07) is 5.21. The van der Waals surface area contributed by atoms with Gasteiger partial charge in [0.1, 0.15) is 29.7 Å². The number of fused-ring (bicyclic) bond motifs is 2. The summed E-state index contributed by atoms with van der Waals surface area (Å²) in [5.41, 5.74) is 1.50. The number of esters is 1. The van der Waals surface area contributed by atoms with Crippen molar-refractivity contribution < 1.29 is 29.2 Å². The normalized spacial score (nSPS) is 13.9. The van der Waals surface area contributed by atoms with Crippen molar-refractivity contribution in [2.45, 2.75) is 39.9 Å². The first-order chi connectivity index (χ1) is 14.2. The van der Waals surface area contributed by atoms with Crippen molar-refractivity contribution in [3.8, 4) is 29.1 Å². The Morgan fingerprint density at radius 2 is 2.07 bits per heavy atom. The largest absolute Gasteiger partial charge is 0.503 e. The summed E-state index contributed by atoms with van der Waals surface area (Å²) >= 11 is 3.28. The molecule has 0 aromatic heterocycles. The van der Waals surface area contributed by atoms with E-state index in [0.29, 0.717) is 22.0 Å². The first-order valence-electron chi connectivity index (χ1n) is 9.39. The van der Waals surface area contributed by atoms with E-state index < -0.39 is 12.1 Å². The first-order valence-corrected chi connectivity index (χ1v) is 10.2. The maximum Gasteiger partial charge on any atom is 0.346 e. The molecular weight excluding hydrogens is 454 g/mol. The number of cyclic esters (lactones) is 1. The summed E-state index contributed by atoms with van der Waals surface area (Å²) in [4.78, 5) is 12.9. The third-order valence-electron chi connectivity index (χ3n) is 4.99. The number of phenols is 1. The molecule has 8 heteroatoms. The van der Waals surface area contributed by atoms with E-state index in [9.17, 15) is 20.3 Å². The van der Waals surface area contributed by atoms with Crippen LogP contribution in [0.1, 0.15) is 59.0 Å². The van der Waals surface area contributed by atoms with Crippen molar-refractivity contribution >= 4 is 21.9 Å². The highest BCUT2D eigenvalue weighted by molar-refractivity contribution is 9.10. The number of nitrogens with zero attached hydrogens (tertiary/aromatic N) is 1. The quantitative estimate of drug-likeness (QED) is 0.605. The average molecular weight is 476 g/mol. The summed E-state index contributed by atoms with van der Waals surface area (Å²) < 4.78 is 17.1. The van der Waals surface area contributed by atoms with E-state index in [1.54, 1.807) is 13.0 Å². The molecule has 30 heavy (non-hydrogen) atoms. The lowest BCUT2D eigenvalue weighted by atomic mass is 9.96. The van der Waals surface area contributed by atoms with Crippen molar-refractivity contribution in [1.29, 1.82) is 5.26 Å². The monoisotopic (exact) mass is 475 g/mol. The number of carbonyl (C=O) groups excluding carboxylic acids is 1. The van der Waals surface area contributed by atoms with E-state index in [1.807, 2.05) is 13.8 Å². The molecule has 1 atom stereocenters. The summed E-state index contributed by atoms with van der Waals surface area (Å²) in [5, 5.41) is 30.8. The highest BCUT2D eigenvalue weighted by Crippen LogP contribution is 2.48. The number of aliphatic hydroxyl groups is 1. The Hall–Kier alpha value is -2.76. The maximum absolute atomic E-state index is 12.9. The molecule has 0 spiro atoms. The molecule has 0 saturated carbocycles. The fourth-order valence-corrected chi connectivity index (χ4v) is 3.88. The van der Waals surface area contributed by atoms with E-state index in [-0.39, 0.29) is 52.2 Å². The zero-order valence-electron chi connectivity index (χ0n) is 17.1. The number of benzene rings is 2. The topological polar surface area (TPSA) is 109 Å². The molecule has 2 aromatic rings. The molecule has 2 N–H and O–H groups in total. The molecule has 1 aliphatic rings. The van der Waals surface area contributed by atoms with E-state index in [2.05, 4.69) is 22.0 Å². The molecule has 158 valence electrons. The molecule has 1 heterocycles. The molecule has 1 aliphatic heterocycles. The van der Waals surface area contributed by atoms with E-state index in [0.717, 1.165) is 0 Å². The Morgan fingerprint density at radius 1 is 1.37 bits per heavy atom. The highest BCUT2D eigenvalue weighted by Gasteiger charge is 2.32. The summed E-state index contributed by atoms with van der Waals surface area (Å²) in [6.45, 7) is 5.36. The second kappa shape index (κ2) is 8.54. The van der Waals surface area contributed by atoms with E-state index >= 15 is 0 Å². The lowest BCUT2D eigenvalue weighted by molar-refractivity contribution is 0.0453. The molecule has 0 saturated heterocycles. The van der Waals surface area contributed by atoms with Crippen LogP contribution in [0, 0.1) is 24.2 Å². The molecule has 0 amide bonds. The fraction of sp³-hybridized carbons (Fsp3) is 0.364. The third-order valence-corrected chi connectivity index (χ3v) is 5.96. The minimum Gasteiger partial charge on any atom is -0.503 e. The van der Waals surface area contributed by atoms with Crippen LogP contribution in [0.2, 0.25) is 0 Å². The predicted octanol–water partition coefficient (Wildman–Crippen LogP) is 4.89. The summed E-state index contributed by atoms with van der Waals surface area (Å²) in [7, 11) is 1.40. The maximum atomic E-state index is 12.9.